The van der Waals surface area contributed by atoms with Gasteiger partial charge in [-0.1, -0.05) is 255 Å². The van der Waals surface area contributed by atoms with Crippen LogP contribution in [0.15, 0.2) is 177 Å². The molecule has 0 atom stereocenters. The van der Waals surface area contributed by atoms with E-state index in [0.717, 1.165) is 34.2 Å². The van der Waals surface area contributed by atoms with Crippen molar-refractivity contribution in [2.75, 3.05) is 5.50 Å². The summed E-state index contributed by atoms with van der Waals surface area (Å²) in [7, 11) is -9.39. The smallest absolute Gasteiger partial charge is 0.256 e. The highest BCUT2D eigenvalue weighted by Crippen LogP contribution is 2.14. The zero-order valence-electron chi connectivity index (χ0n) is 58.5. The number of aromatic nitrogens is 6. The number of alkyl halides is 1. The summed E-state index contributed by atoms with van der Waals surface area (Å²) in [6.45, 7) is 52.3. The summed E-state index contributed by atoms with van der Waals surface area (Å²) >= 11 is 5.80. The van der Waals surface area contributed by atoms with E-state index in [9.17, 15) is 0 Å². The molecule has 0 aliphatic carbocycles. The van der Waals surface area contributed by atoms with Crippen LogP contribution in [0.4, 0.5) is 0 Å². The molecule has 6 aromatic heterocycles. The topological polar surface area (TPSA) is 86.6 Å². The molecule has 0 saturated heterocycles. The van der Waals surface area contributed by atoms with Crippen molar-refractivity contribution in [1.29, 1.82) is 0 Å². The molecule has 0 fully saturated rings. The lowest BCUT2D eigenvalue weighted by Gasteiger charge is -2.25. The van der Waals surface area contributed by atoms with Crippen LogP contribution in [0.5, 0.6) is 0 Å². The second kappa shape index (κ2) is 54.2. The minimum absolute atomic E-state index is 0.673. The van der Waals surface area contributed by atoms with Gasteiger partial charge in [0.25, 0.3) is 16.6 Å². The van der Waals surface area contributed by atoms with E-state index in [1.165, 1.54) is 5.19 Å². The van der Waals surface area contributed by atoms with Gasteiger partial charge < -0.3 is 4.12 Å². The number of benzene rings is 1. The van der Waals surface area contributed by atoms with E-state index in [0.29, 0.717) is 5.50 Å². The van der Waals surface area contributed by atoms with Gasteiger partial charge in [-0.2, -0.15) is 0 Å². The van der Waals surface area contributed by atoms with Crippen molar-refractivity contribution < 1.29 is 4.12 Å². The van der Waals surface area contributed by atoms with Crippen molar-refractivity contribution in [2.24, 2.45) is 0 Å². The highest BCUT2D eigenvalue weighted by Gasteiger charge is 2.31. The Hall–Kier alpha value is -6.97. The van der Waals surface area contributed by atoms with E-state index < -0.39 is 49.7 Å². The van der Waals surface area contributed by atoms with Gasteiger partial charge in [-0.3, -0.25) is 0 Å². The summed E-state index contributed by atoms with van der Waals surface area (Å²) in [5, 5.41) is 1.36. The van der Waals surface area contributed by atoms with Crippen LogP contribution >= 0.6 is 11.6 Å². The van der Waals surface area contributed by atoms with Gasteiger partial charge in [-0.05, 0) is 104 Å². The van der Waals surface area contributed by atoms with Crippen LogP contribution < -0.4 is 5.19 Å². The lowest BCUT2D eigenvalue weighted by molar-refractivity contribution is 0.576. The van der Waals surface area contributed by atoms with Gasteiger partial charge in [-0.15, -0.1) is 33.8 Å². The number of hydrogen-bond donors (Lipinski definition) is 0. The molecule has 0 N–H and O–H groups in total. The fourth-order valence-electron chi connectivity index (χ4n) is 5.62. The van der Waals surface area contributed by atoms with E-state index in [2.05, 4.69) is 208 Å². The summed E-state index contributed by atoms with van der Waals surface area (Å²) < 4.78 is 6.34. The standard InChI is InChI=1S/C18H20N2OSi2.C15H15NSi.C10H12ClNSi.C10H13NSi.C9H11NSi.6C2H6/c1-22(2,15-11-17-9-5-7-13-19-17)21-23(3,4)16-12-18-10-6-8-14-20-18;1-17(2,15-9-4-3-5-10-15)13-11-14-8-6-7-12-16-14;1-13(2,9-11)8-6-10-5-3-4-7-12-10;1-12(2,3)9-7-10-6-4-5-8-11-10;1-11(2)8-6-9-5-3-4-7-10-9;6*1-2/h5-10,13-14H,1-4H3;3-10,12H,1-2H3;3-5,7H,9H2,1-2H3;4-6,8H,1-3H3;3-5,7,11H,1-2H3;6*1-2H3. The molecule has 7 rings (SSSR count). The van der Waals surface area contributed by atoms with Gasteiger partial charge in [0.15, 0.2) is 8.07 Å². The van der Waals surface area contributed by atoms with Crippen LogP contribution in [0.1, 0.15) is 117 Å². The molecule has 0 aliphatic heterocycles. The molecule has 0 spiro atoms. The zero-order chi connectivity index (χ0) is 67.8. The quantitative estimate of drug-likeness (QED) is 0.0986. The average Bonchev–Trinajstić information content (AvgIpc) is 3.71. The number of halogens is 1. The SMILES string of the molecule is CC.CC.CC.CC.CC.CC.C[SiH](C)C#Cc1ccccn1.C[Si](C)(C#Cc1ccccn1)CCl.C[Si](C)(C#Cc1ccccn1)O[Si](C)(C)C#Cc1ccccn1.C[Si](C)(C#Cc1ccccn1)c1ccccc1.C[Si](C)(C)C#Cc1ccccn1. The summed E-state index contributed by atoms with van der Waals surface area (Å²) in [6, 6.07) is 45.1. The third-order valence-corrected chi connectivity index (χ3v) is 22.5. The van der Waals surface area contributed by atoms with E-state index >= 15 is 0 Å². The summed E-state index contributed by atoms with van der Waals surface area (Å²) in [5.41, 5.74) is 25.3. The van der Waals surface area contributed by atoms with Crippen molar-refractivity contribution in [3.8, 4) is 68.8 Å². The molecule has 0 bridgehead atoms. The average molecular weight is 1300 g/mol. The molecule has 14 heteroatoms. The van der Waals surface area contributed by atoms with Gasteiger partial charge >= 0.3 is 0 Å². The Morgan fingerprint density at radius 3 is 0.864 bits per heavy atom. The molecule has 0 radical (unpaired) electrons. The molecule has 470 valence electrons. The Bertz CT molecular complexity index is 3130. The van der Waals surface area contributed by atoms with Crippen molar-refractivity contribution >= 4 is 66.4 Å². The summed E-state index contributed by atoms with van der Waals surface area (Å²) in [4.78, 5) is 25.0. The van der Waals surface area contributed by atoms with Crippen molar-refractivity contribution in [3.05, 3.63) is 211 Å². The molecule has 0 aliphatic rings. The van der Waals surface area contributed by atoms with Crippen LogP contribution in [-0.4, -0.2) is 85.1 Å². The molecular formula is C74H107ClN6OSi6. The van der Waals surface area contributed by atoms with Gasteiger partial charge in [-0.25, -0.2) is 29.9 Å². The third kappa shape index (κ3) is 49.1. The van der Waals surface area contributed by atoms with Crippen molar-refractivity contribution in [3.63, 3.8) is 0 Å². The largest absolute Gasteiger partial charge is 0.438 e. The Morgan fingerprint density at radius 2 is 0.602 bits per heavy atom. The Morgan fingerprint density at radius 1 is 0.341 bits per heavy atom. The Labute approximate surface area is 550 Å². The van der Waals surface area contributed by atoms with E-state index in [4.69, 9.17) is 15.7 Å². The van der Waals surface area contributed by atoms with E-state index in [1.807, 2.05) is 198 Å². The monoisotopic (exact) mass is 1300 g/mol. The maximum absolute atomic E-state index is 6.34. The fourth-order valence-corrected chi connectivity index (χ4v) is 15.3. The molecule has 0 amide bonds. The van der Waals surface area contributed by atoms with Gasteiger partial charge in [0.05, 0.1) is 0 Å². The summed E-state index contributed by atoms with van der Waals surface area (Å²) in [5.74, 6) is 18.6. The van der Waals surface area contributed by atoms with Crippen molar-refractivity contribution in [2.45, 2.75) is 168 Å². The second-order valence-corrected chi connectivity index (χ2v) is 44.2. The molecular weight excluding hydrogens is 1190 g/mol. The molecule has 0 saturated carbocycles. The fraction of sp³-hybridized carbons (Fsp3) is 0.351. The van der Waals surface area contributed by atoms with Crippen LogP contribution in [0.3, 0.4) is 0 Å². The summed E-state index contributed by atoms with van der Waals surface area (Å²) in [6.07, 6.45) is 10.6. The van der Waals surface area contributed by atoms with E-state index in [-0.39, 0.29) is 0 Å². The molecule has 7 aromatic rings. The Balaban J connectivity index is -0.000000490. The first-order valence-electron chi connectivity index (χ1n) is 31.0. The highest BCUT2D eigenvalue weighted by atomic mass is 35.5. The second-order valence-electron chi connectivity index (χ2n) is 20.3. The molecule has 0 unspecified atom stereocenters. The predicted molar refractivity (Wildman–Crippen MR) is 405 cm³/mol. The van der Waals surface area contributed by atoms with Crippen LogP contribution in [0, 0.1) is 68.8 Å². The number of pyridine rings is 6. The zero-order valence-corrected chi connectivity index (χ0v) is 65.4. The molecule has 88 heavy (non-hydrogen) atoms. The number of hydrogen-bond acceptors (Lipinski definition) is 7. The van der Waals surface area contributed by atoms with Gasteiger partial charge in [0.1, 0.15) is 59.1 Å². The predicted octanol–water partition coefficient (Wildman–Crippen LogP) is 18.4. The molecule has 1 aromatic carbocycles. The molecule has 7 nitrogen and oxygen atoms in total. The first-order valence-corrected chi connectivity index (χ1v) is 50.0. The minimum Gasteiger partial charge on any atom is -0.438 e. The minimum atomic E-state index is -2.12. The van der Waals surface area contributed by atoms with E-state index in [1.54, 1.807) is 37.2 Å². The maximum Gasteiger partial charge on any atom is 0.256 e. The lowest BCUT2D eigenvalue weighted by Crippen LogP contribution is -2.43. The normalized spacial score (nSPS) is 9.35. The van der Waals surface area contributed by atoms with Gasteiger partial charge in [0, 0.05) is 42.7 Å². The number of rotatable bonds is 4. The first kappa shape index (κ1) is 87.5. The highest BCUT2D eigenvalue weighted by molar-refractivity contribution is 6.96. The Kier molecular flexibility index (Phi) is 53.9. The number of nitrogens with zero attached hydrogens (tertiary/aromatic N) is 6. The first-order chi connectivity index (χ1) is 42.1. The molecule has 6 heterocycles. The van der Waals surface area contributed by atoms with Crippen LogP contribution in [0.2, 0.25) is 85.1 Å². The van der Waals surface area contributed by atoms with Crippen LogP contribution in [0.25, 0.3) is 0 Å². The third-order valence-electron chi connectivity index (χ3n) is 9.40. The maximum atomic E-state index is 6.34. The van der Waals surface area contributed by atoms with Crippen LogP contribution in [-0.2, 0) is 4.12 Å². The van der Waals surface area contributed by atoms with Gasteiger partial charge in [0.2, 0.25) is 0 Å². The van der Waals surface area contributed by atoms with Crippen molar-refractivity contribution in [1.82, 2.24) is 29.9 Å². The lowest BCUT2D eigenvalue weighted by atomic mass is 10.4.